The first-order valence-electron chi connectivity index (χ1n) is 4.64. The molecule has 0 aliphatic heterocycles. The van der Waals surface area contributed by atoms with E-state index in [2.05, 4.69) is 19.8 Å². The summed E-state index contributed by atoms with van der Waals surface area (Å²) in [4.78, 5) is 22.9. The second-order valence-corrected chi connectivity index (χ2v) is 3.31. The highest BCUT2D eigenvalue weighted by molar-refractivity contribution is 6.00. The standard InChI is InChI=1S/C9H13N3O4/c1-5(2)12-7(9(14)16-4)6(10-11-12)8(13)15-3/h5H,1-4H3. The highest BCUT2D eigenvalue weighted by Crippen LogP contribution is 2.13. The van der Waals surface area contributed by atoms with E-state index in [-0.39, 0.29) is 17.4 Å². The van der Waals surface area contributed by atoms with Gasteiger partial charge in [-0.2, -0.15) is 0 Å². The Kier molecular flexibility index (Phi) is 3.60. The predicted octanol–water partition coefficient (Wildman–Crippen LogP) is 0.432. The van der Waals surface area contributed by atoms with Gasteiger partial charge in [0.1, 0.15) is 0 Å². The van der Waals surface area contributed by atoms with Crippen LogP contribution in [0.25, 0.3) is 0 Å². The predicted molar refractivity (Wildman–Crippen MR) is 53.1 cm³/mol. The molecule has 16 heavy (non-hydrogen) atoms. The lowest BCUT2D eigenvalue weighted by atomic mass is 10.3. The first-order chi connectivity index (χ1) is 7.52. The molecule has 0 atom stereocenters. The summed E-state index contributed by atoms with van der Waals surface area (Å²) in [5.41, 5.74) is -0.132. The molecule has 1 aromatic rings. The zero-order valence-corrected chi connectivity index (χ0v) is 9.55. The van der Waals surface area contributed by atoms with Crippen LogP contribution in [0.5, 0.6) is 0 Å². The van der Waals surface area contributed by atoms with Crippen LogP contribution in [0.4, 0.5) is 0 Å². The number of hydrogen-bond donors (Lipinski definition) is 0. The van der Waals surface area contributed by atoms with E-state index in [0.717, 1.165) is 0 Å². The molecule has 0 radical (unpaired) electrons. The molecular formula is C9H13N3O4. The maximum absolute atomic E-state index is 11.5. The van der Waals surface area contributed by atoms with Gasteiger partial charge in [-0.05, 0) is 13.8 Å². The number of aromatic nitrogens is 3. The Bertz CT molecular complexity index is 411. The van der Waals surface area contributed by atoms with Crippen molar-refractivity contribution in [2.45, 2.75) is 19.9 Å². The minimum absolute atomic E-state index is 0.00403. The van der Waals surface area contributed by atoms with Gasteiger partial charge < -0.3 is 9.47 Å². The van der Waals surface area contributed by atoms with Crippen LogP contribution in [0.15, 0.2) is 0 Å². The molecular weight excluding hydrogens is 214 g/mol. The molecule has 1 rings (SSSR count). The van der Waals surface area contributed by atoms with Gasteiger partial charge in [0.05, 0.1) is 14.2 Å². The van der Waals surface area contributed by atoms with Crippen molar-refractivity contribution in [3.05, 3.63) is 11.4 Å². The minimum atomic E-state index is -0.715. The third-order valence-electron chi connectivity index (χ3n) is 1.94. The molecule has 1 heterocycles. The molecule has 0 saturated carbocycles. The van der Waals surface area contributed by atoms with E-state index < -0.39 is 11.9 Å². The molecule has 0 amide bonds. The summed E-state index contributed by atoms with van der Waals surface area (Å²) in [7, 11) is 2.43. The van der Waals surface area contributed by atoms with E-state index in [4.69, 9.17) is 0 Å². The molecule has 0 aliphatic carbocycles. The van der Waals surface area contributed by atoms with Crippen molar-refractivity contribution < 1.29 is 19.1 Å². The normalized spacial score (nSPS) is 10.3. The topological polar surface area (TPSA) is 83.3 Å². The smallest absolute Gasteiger partial charge is 0.361 e. The summed E-state index contributed by atoms with van der Waals surface area (Å²) >= 11 is 0. The fourth-order valence-electron chi connectivity index (χ4n) is 1.18. The first-order valence-corrected chi connectivity index (χ1v) is 4.64. The van der Waals surface area contributed by atoms with E-state index in [1.54, 1.807) is 0 Å². The van der Waals surface area contributed by atoms with Crippen LogP contribution in [-0.2, 0) is 9.47 Å². The van der Waals surface area contributed by atoms with E-state index in [9.17, 15) is 9.59 Å². The number of rotatable bonds is 3. The number of hydrogen-bond acceptors (Lipinski definition) is 6. The summed E-state index contributed by atoms with van der Waals surface area (Å²) in [6, 6.07) is -0.111. The summed E-state index contributed by atoms with van der Waals surface area (Å²) < 4.78 is 10.4. The molecule has 0 aromatic carbocycles. The minimum Gasteiger partial charge on any atom is -0.464 e. The Balaban J connectivity index is 3.30. The summed E-state index contributed by atoms with van der Waals surface area (Å²) in [6.45, 7) is 3.62. The van der Waals surface area contributed by atoms with Crippen molar-refractivity contribution in [1.29, 1.82) is 0 Å². The quantitative estimate of drug-likeness (QED) is 0.696. The Morgan fingerprint density at radius 2 is 1.75 bits per heavy atom. The van der Waals surface area contributed by atoms with Crippen LogP contribution in [0.2, 0.25) is 0 Å². The number of carbonyl (C=O) groups excluding carboxylic acids is 2. The molecule has 0 unspecified atom stereocenters. The average molecular weight is 227 g/mol. The van der Waals surface area contributed by atoms with Gasteiger partial charge in [-0.1, -0.05) is 5.21 Å². The van der Waals surface area contributed by atoms with E-state index in [0.29, 0.717) is 0 Å². The molecule has 0 spiro atoms. The van der Waals surface area contributed by atoms with Gasteiger partial charge in [0, 0.05) is 6.04 Å². The zero-order chi connectivity index (χ0) is 12.3. The molecule has 0 fully saturated rings. The number of ether oxygens (including phenoxy) is 2. The Hall–Kier alpha value is -1.92. The third-order valence-corrected chi connectivity index (χ3v) is 1.94. The Morgan fingerprint density at radius 1 is 1.19 bits per heavy atom. The summed E-state index contributed by atoms with van der Waals surface area (Å²) in [5, 5.41) is 7.33. The lowest BCUT2D eigenvalue weighted by Crippen LogP contribution is -2.17. The maximum Gasteiger partial charge on any atom is 0.361 e. The van der Waals surface area contributed by atoms with Gasteiger partial charge in [-0.25, -0.2) is 14.3 Å². The van der Waals surface area contributed by atoms with Crippen LogP contribution in [-0.4, -0.2) is 41.2 Å². The largest absolute Gasteiger partial charge is 0.464 e. The van der Waals surface area contributed by atoms with Crippen molar-refractivity contribution in [2.24, 2.45) is 0 Å². The molecule has 88 valence electrons. The van der Waals surface area contributed by atoms with Gasteiger partial charge in [-0.3, -0.25) is 0 Å². The SMILES string of the molecule is COC(=O)c1nnn(C(C)C)c1C(=O)OC. The molecule has 1 aromatic heterocycles. The van der Waals surface area contributed by atoms with E-state index in [1.165, 1.54) is 18.9 Å². The number of nitrogens with zero attached hydrogens (tertiary/aromatic N) is 3. The van der Waals surface area contributed by atoms with Crippen molar-refractivity contribution in [3.8, 4) is 0 Å². The average Bonchev–Trinajstić information content (AvgIpc) is 2.71. The van der Waals surface area contributed by atoms with Crippen LogP contribution < -0.4 is 0 Å². The van der Waals surface area contributed by atoms with Crippen molar-refractivity contribution in [2.75, 3.05) is 14.2 Å². The molecule has 0 aliphatic rings. The van der Waals surface area contributed by atoms with Crippen LogP contribution in [0.1, 0.15) is 40.9 Å². The van der Waals surface area contributed by atoms with Gasteiger partial charge in [0.15, 0.2) is 5.69 Å². The highest BCUT2D eigenvalue weighted by Gasteiger charge is 2.27. The lowest BCUT2D eigenvalue weighted by molar-refractivity contribution is 0.0542. The Labute approximate surface area is 92.3 Å². The summed E-state index contributed by atoms with van der Waals surface area (Å²) in [5.74, 6) is -1.38. The van der Waals surface area contributed by atoms with Crippen LogP contribution >= 0.6 is 0 Å². The summed E-state index contributed by atoms with van der Waals surface area (Å²) in [6.07, 6.45) is 0. The first kappa shape index (κ1) is 12.2. The maximum atomic E-state index is 11.5. The highest BCUT2D eigenvalue weighted by atomic mass is 16.5. The number of esters is 2. The van der Waals surface area contributed by atoms with Crippen LogP contribution in [0.3, 0.4) is 0 Å². The number of methoxy groups -OCH3 is 2. The fraction of sp³-hybridized carbons (Fsp3) is 0.556. The van der Waals surface area contributed by atoms with Crippen molar-refractivity contribution >= 4 is 11.9 Å². The monoisotopic (exact) mass is 227 g/mol. The van der Waals surface area contributed by atoms with Gasteiger partial charge in [0.25, 0.3) is 0 Å². The fourth-order valence-corrected chi connectivity index (χ4v) is 1.18. The Morgan fingerprint density at radius 3 is 2.19 bits per heavy atom. The molecule has 7 nitrogen and oxygen atoms in total. The third kappa shape index (κ3) is 2.02. The second-order valence-electron chi connectivity index (χ2n) is 3.31. The van der Waals surface area contributed by atoms with Gasteiger partial charge in [0.2, 0.25) is 5.69 Å². The lowest BCUT2D eigenvalue weighted by Gasteiger charge is -2.08. The van der Waals surface area contributed by atoms with Gasteiger partial charge in [-0.15, -0.1) is 5.10 Å². The van der Waals surface area contributed by atoms with E-state index in [1.807, 2.05) is 13.8 Å². The van der Waals surface area contributed by atoms with Gasteiger partial charge >= 0.3 is 11.9 Å². The zero-order valence-electron chi connectivity index (χ0n) is 9.55. The molecule has 0 N–H and O–H groups in total. The van der Waals surface area contributed by atoms with Crippen LogP contribution in [0, 0.1) is 0 Å². The van der Waals surface area contributed by atoms with Crippen molar-refractivity contribution in [1.82, 2.24) is 15.0 Å². The second kappa shape index (κ2) is 4.73. The molecule has 0 bridgehead atoms. The van der Waals surface area contributed by atoms with Crippen molar-refractivity contribution in [3.63, 3.8) is 0 Å². The molecule has 7 heteroatoms. The number of carbonyl (C=O) groups is 2. The molecule has 0 saturated heterocycles. The van der Waals surface area contributed by atoms with E-state index >= 15 is 0 Å².